The van der Waals surface area contributed by atoms with Crippen LogP contribution >= 0.6 is 15.9 Å². The highest BCUT2D eigenvalue weighted by molar-refractivity contribution is 9.10. The van der Waals surface area contributed by atoms with Crippen LogP contribution in [0.15, 0.2) is 22.7 Å². The Hall–Kier alpha value is -1.46. The summed E-state index contributed by atoms with van der Waals surface area (Å²) in [6, 6.07) is 6.09. The first-order valence-corrected chi connectivity index (χ1v) is 8.98. The molecule has 2 fully saturated rings. The molecule has 0 bridgehead atoms. The number of rotatable bonds is 2. The van der Waals surface area contributed by atoms with Crippen LogP contribution < -0.4 is 5.73 Å². The average Bonchev–Trinajstić information content (AvgIpc) is 3.27. The van der Waals surface area contributed by atoms with Crippen molar-refractivity contribution in [3.05, 3.63) is 39.5 Å². The van der Waals surface area contributed by atoms with Crippen LogP contribution in [0.2, 0.25) is 0 Å². The number of carbonyl (C=O) groups is 1. The summed E-state index contributed by atoms with van der Waals surface area (Å²) in [6.45, 7) is 3.44. The Morgan fingerprint density at radius 2 is 2.13 bits per heavy atom. The molecule has 2 aliphatic rings. The van der Waals surface area contributed by atoms with Crippen LogP contribution in [0.3, 0.4) is 0 Å². The van der Waals surface area contributed by atoms with Gasteiger partial charge in [0.15, 0.2) is 0 Å². The highest BCUT2D eigenvalue weighted by Crippen LogP contribution is 2.42. The van der Waals surface area contributed by atoms with E-state index in [0.29, 0.717) is 12.5 Å². The molecule has 0 radical (unpaired) electrons. The van der Waals surface area contributed by atoms with Gasteiger partial charge in [-0.3, -0.25) is 9.78 Å². The van der Waals surface area contributed by atoms with Gasteiger partial charge in [-0.2, -0.15) is 0 Å². The zero-order valence-electron chi connectivity index (χ0n) is 13.2. The second kappa shape index (κ2) is 5.56. The molecule has 2 N–H and O–H groups in total. The van der Waals surface area contributed by atoms with E-state index in [4.69, 9.17) is 10.7 Å². The number of benzene rings is 1. The summed E-state index contributed by atoms with van der Waals surface area (Å²) in [5.74, 6) is 0.623. The van der Waals surface area contributed by atoms with E-state index in [1.807, 2.05) is 30.0 Å². The van der Waals surface area contributed by atoms with E-state index < -0.39 is 0 Å². The van der Waals surface area contributed by atoms with Crippen molar-refractivity contribution >= 4 is 32.7 Å². The summed E-state index contributed by atoms with van der Waals surface area (Å²) in [4.78, 5) is 19.9. The first-order valence-electron chi connectivity index (χ1n) is 8.19. The lowest BCUT2D eigenvalue weighted by Crippen LogP contribution is -2.32. The molecule has 23 heavy (non-hydrogen) atoms. The van der Waals surface area contributed by atoms with Gasteiger partial charge < -0.3 is 10.6 Å². The number of nitrogens with zero attached hydrogens (tertiary/aromatic N) is 2. The number of hydrogen-bond donors (Lipinski definition) is 1. The maximum Gasteiger partial charge on any atom is 0.254 e. The van der Waals surface area contributed by atoms with E-state index in [1.54, 1.807) is 0 Å². The number of halogens is 1. The third-order valence-corrected chi connectivity index (χ3v) is 5.41. The van der Waals surface area contributed by atoms with E-state index >= 15 is 0 Å². The zero-order chi connectivity index (χ0) is 16.1. The molecule has 1 aliphatic heterocycles. The third-order valence-electron chi connectivity index (χ3n) is 4.92. The Balaban J connectivity index is 1.90. The minimum atomic E-state index is 0.0991. The van der Waals surface area contributed by atoms with Gasteiger partial charge in [0.2, 0.25) is 0 Å². The standard InChI is InChI=1S/C18H20BrN3O/c1-10-16(18(23)22-7-6-13(20)9-22)14-8-12(19)4-5-15(14)21-17(10)11-2-3-11/h4-5,8,11,13H,2-3,6-7,9,20H2,1H3. The fraction of sp³-hybridized carbons (Fsp3) is 0.444. The van der Waals surface area contributed by atoms with Crippen LogP contribution in [0, 0.1) is 6.92 Å². The molecule has 4 nitrogen and oxygen atoms in total. The van der Waals surface area contributed by atoms with Crippen LogP contribution in [0.1, 0.15) is 46.8 Å². The summed E-state index contributed by atoms with van der Waals surface area (Å²) in [6.07, 6.45) is 3.24. The van der Waals surface area contributed by atoms with E-state index in [-0.39, 0.29) is 11.9 Å². The Morgan fingerprint density at radius 3 is 2.78 bits per heavy atom. The van der Waals surface area contributed by atoms with Gasteiger partial charge in [-0.05, 0) is 49.9 Å². The lowest BCUT2D eigenvalue weighted by atomic mass is 9.98. The van der Waals surface area contributed by atoms with Crippen molar-refractivity contribution in [2.24, 2.45) is 5.73 Å². The van der Waals surface area contributed by atoms with Crippen LogP contribution in [0.4, 0.5) is 0 Å². The number of amides is 1. The first kappa shape index (κ1) is 15.1. The van der Waals surface area contributed by atoms with Crippen LogP contribution in [-0.2, 0) is 0 Å². The number of aromatic nitrogens is 1. The normalized spacial score (nSPS) is 21.2. The predicted molar refractivity (Wildman–Crippen MR) is 94.7 cm³/mol. The molecular formula is C18H20BrN3O. The van der Waals surface area contributed by atoms with E-state index in [9.17, 15) is 4.79 Å². The lowest BCUT2D eigenvalue weighted by molar-refractivity contribution is 0.0792. The Bertz CT molecular complexity index is 800. The number of likely N-dealkylation sites (tertiary alicyclic amines) is 1. The van der Waals surface area contributed by atoms with Gasteiger partial charge in [0.05, 0.1) is 11.1 Å². The highest BCUT2D eigenvalue weighted by Gasteiger charge is 2.32. The monoisotopic (exact) mass is 373 g/mol. The van der Waals surface area contributed by atoms with Gasteiger partial charge in [0.25, 0.3) is 5.91 Å². The summed E-state index contributed by atoms with van der Waals surface area (Å²) in [5, 5.41) is 0.937. The second-order valence-electron chi connectivity index (χ2n) is 6.73. The average molecular weight is 374 g/mol. The first-order chi connectivity index (χ1) is 11.0. The molecule has 120 valence electrons. The van der Waals surface area contributed by atoms with Crippen LogP contribution in [0.5, 0.6) is 0 Å². The molecule has 5 heteroatoms. The van der Waals surface area contributed by atoms with Crippen molar-refractivity contribution in [1.82, 2.24) is 9.88 Å². The molecule has 2 aromatic rings. The Kier molecular flexibility index (Phi) is 3.65. The lowest BCUT2D eigenvalue weighted by Gasteiger charge is -2.20. The fourth-order valence-corrected chi connectivity index (χ4v) is 3.87. The van der Waals surface area contributed by atoms with Gasteiger partial charge in [-0.1, -0.05) is 15.9 Å². The molecule has 1 aromatic heterocycles. The van der Waals surface area contributed by atoms with Crippen molar-refractivity contribution in [2.75, 3.05) is 13.1 Å². The molecule has 1 aromatic carbocycles. The third kappa shape index (κ3) is 2.66. The molecule has 0 spiro atoms. The SMILES string of the molecule is Cc1c(C2CC2)nc2ccc(Br)cc2c1C(=O)N1CCC(N)C1. The van der Waals surface area contributed by atoms with Crippen LogP contribution in [0.25, 0.3) is 10.9 Å². The summed E-state index contributed by atoms with van der Waals surface area (Å²) < 4.78 is 0.970. The number of carbonyl (C=O) groups excluding carboxylic acids is 1. The maximum absolute atomic E-state index is 13.2. The molecule has 1 unspecified atom stereocenters. The Morgan fingerprint density at radius 1 is 1.35 bits per heavy atom. The summed E-state index contributed by atoms with van der Waals surface area (Å²) in [5.41, 5.74) is 9.86. The van der Waals surface area contributed by atoms with Crippen molar-refractivity contribution in [3.63, 3.8) is 0 Å². The second-order valence-corrected chi connectivity index (χ2v) is 7.65. The van der Waals surface area contributed by atoms with Crippen molar-refractivity contribution in [3.8, 4) is 0 Å². The van der Waals surface area contributed by atoms with Gasteiger partial charge in [-0.25, -0.2) is 0 Å². The number of nitrogens with two attached hydrogens (primary N) is 1. The maximum atomic E-state index is 13.2. The van der Waals surface area contributed by atoms with E-state index in [2.05, 4.69) is 15.9 Å². The van der Waals surface area contributed by atoms with Gasteiger partial charge >= 0.3 is 0 Å². The van der Waals surface area contributed by atoms with E-state index in [0.717, 1.165) is 45.2 Å². The number of pyridine rings is 1. The quantitative estimate of drug-likeness (QED) is 0.877. The van der Waals surface area contributed by atoms with E-state index in [1.165, 1.54) is 12.8 Å². The van der Waals surface area contributed by atoms with Crippen LogP contribution in [-0.4, -0.2) is 34.9 Å². The predicted octanol–water partition coefficient (Wildman–Crippen LogP) is 3.36. The van der Waals surface area contributed by atoms with Gasteiger partial charge in [-0.15, -0.1) is 0 Å². The molecular weight excluding hydrogens is 354 g/mol. The molecule has 2 heterocycles. The smallest absolute Gasteiger partial charge is 0.254 e. The zero-order valence-corrected chi connectivity index (χ0v) is 14.8. The van der Waals surface area contributed by atoms with Crippen molar-refractivity contribution < 1.29 is 4.79 Å². The Labute approximate surface area is 144 Å². The molecule has 1 atom stereocenters. The summed E-state index contributed by atoms with van der Waals surface area (Å²) >= 11 is 3.52. The molecule has 1 saturated heterocycles. The molecule has 4 rings (SSSR count). The minimum Gasteiger partial charge on any atom is -0.337 e. The molecule has 1 amide bonds. The topological polar surface area (TPSA) is 59.2 Å². The summed E-state index contributed by atoms with van der Waals surface area (Å²) in [7, 11) is 0. The fourth-order valence-electron chi connectivity index (χ4n) is 3.51. The minimum absolute atomic E-state index is 0.0991. The molecule has 1 aliphatic carbocycles. The molecule has 1 saturated carbocycles. The number of hydrogen-bond acceptors (Lipinski definition) is 3. The number of fused-ring (bicyclic) bond motifs is 1. The largest absolute Gasteiger partial charge is 0.337 e. The highest BCUT2D eigenvalue weighted by atomic mass is 79.9. The van der Waals surface area contributed by atoms with Gasteiger partial charge in [0.1, 0.15) is 0 Å². The van der Waals surface area contributed by atoms with Gasteiger partial charge in [0, 0.05) is 40.6 Å². The van der Waals surface area contributed by atoms with Crippen molar-refractivity contribution in [1.29, 1.82) is 0 Å². The van der Waals surface area contributed by atoms with Crippen molar-refractivity contribution in [2.45, 2.75) is 38.1 Å².